The molecule has 0 aromatic rings. The predicted octanol–water partition coefficient (Wildman–Crippen LogP) is 4.52. The molecule has 0 radical (unpaired) electrons. The van der Waals surface area contributed by atoms with Gasteiger partial charge in [0.15, 0.2) is 0 Å². The Bertz CT molecular complexity index is 1320. The molecule has 2 fully saturated rings. The number of nitrogens with one attached hydrogen (secondary N) is 3. The zero-order valence-corrected chi connectivity index (χ0v) is 29.3. The Kier molecular flexibility index (Phi) is 17.4. The van der Waals surface area contributed by atoms with Crippen LogP contribution in [0.15, 0.2) is 26.1 Å². The van der Waals surface area contributed by atoms with Gasteiger partial charge in [-0.25, -0.2) is 43.7 Å². The minimum absolute atomic E-state index is 0.0224. The van der Waals surface area contributed by atoms with Crippen LogP contribution in [0.1, 0.15) is 78.1 Å². The number of amides is 3. The minimum Gasteiger partial charge on any atom is -0.449 e. The van der Waals surface area contributed by atoms with E-state index in [9.17, 15) is 28.8 Å². The summed E-state index contributed by atoms with van der Waals surface area (Å²) in [6, 6.07) is 0. The Hall–Kier alpha value is -4.31. The van der Waals surface area contributed by atoms with Gasteiger partial charge in [0.25, 0.3) is 0 Å². The number of carbonyl (C=O) groups is 3. The van der Waals surface area contributed by atoms with E-state index in [1.165, 1.54) is 0 Å². The van der Waals surface area contributed by atoms with E-state index in [0.29, 0.717) is 25.9 Å². The van der Waals surface area contributed by atoms with Gasteiger partial charge in [0.2, 0.25) is 18.2 Å². The summed E-state index contributed by atoms with van der Waals surface area (Å²) in [5.41, 5.74) is 0.979. The molecule has 6 atom stereocenters. The van der Waals surface area contributed by atoms with Crippen molar-refractivity contribution in [1.29, 1.82) is 0 Å². The smallest absolute Gasteiger partial charge is 0.407 e. The Morgan fingerprint density at radius 1 is 0.960 bits per heavy atom. The molecular weight excluding hydrogens is 648 g/mol. The second-order valence-corrected chi connectivity index (χ2v) is 13.7. The van der Waals surface area contributed by atoms with Gasteiger partial charge < -0.3 is 30.2 Å². The first-order chi connectivity index (χ1) is 24.3. The molecule has 1 heterocycles. The summed E-state index contributed by atoms with van der Waals surface area (Å²) in [6.45, 7) is 5.14. The van der Waals surface area contributed by atoms with E-state index < -0.39 is 23.7 Å². The first-order valence-corrected chi connectivity index (χ1v) is 17.8. The molecule has 3 rings (SSSR count). The minimum atomic E-state index is -1.01. The first-order valence-electron chi connectivity index (χ1n) is 17.8. The van der Waals surface area contributed by atoms with E-state index in [1.54, 1.807) is 18.2 Å². The molecule has 0 aromatic heterocycles. The maximum Gasteiger partial charge on any atom is 0.407 e. The van der Waals surface area contributed by atoms with Gasteiger partial charge in [0.05, 0.1) is 25.0 Å². The molecule has 0 bridgehead atoms. The van der Waals surface area contributed by atoms with E-state index in [0.717, 1.165) is 62.5 Å². The monoisotopic (exact) mass is 700 g/mol. The number of carbonyl (C=O) groups excluding carboxylic acids is 6. The lowest BCUT2D eigenvalue weighted by atomic mass is 9.73. The van der Waals surface area contributed by atoms with E-state index >= 15 is 0 Å². The van der Waals surface area contributed by atoms with Crippen LogP contribution in [0.3, 0.4) is 0 Å². The maximum absolute atomic E-state index is 13.2. The molecule has 3 N–H and O–H groups in total. The Morgan fingerprint density at radius 2 is 1.66 bits per heavy atom. The lowest BCUT2D eigenvalue weighted by molar-refractivity contribution is -0.0181. The van der Waals surface area contributed by atoms with Crippen LogP contribution in [0.25, 0.3) is 0 Å². The molecular formula is C35H52N6O9. The number of hydrogen-bond acceptors (Lipinski definition) is 12. The van der Waals surface area contributed by atoms with Crippen molar-refractivity contribution >= 4 is 36.5 Å². The fraction of sp³-hybridized carbons (Fsp3) is 0.771. The Morgan fingerprint density at radius 3 is 2.34 bits per heavy atom. The van der Waals surface area contributed by atoms with Crippen LogP contribution < -0.4 is 16.0 Å². The summed E-state index contributed by atoms with van der Waals surface area (Å²) in [4.78, 5) is 82.7. The molecule has 50 heavy (non-hydrogen) atoms. The van der Waals surface area contributed by atoms with Crippen LogP contribution in [0.2, 0.25) is 0 Å². The van der Waals surface area contributed by atoms with Crippen molar-refractivity contribution in [3.63, 3.8) is 0 Å². The summed E-state index contributed by atoms with van der Waals surface area (Å²) >= 11 is 0. The fourth-order valence-electron chi connectivity index (χ4n) is 7.34. The summed E-state index contributed by atoms with van der Waals surface area (Å²) in [5, 5.41) is 8.62. The highest BCUT2D eigenvalue weighted by Crippen LogP contribution is 2.38. The fourth-order valence-corrected chi connectivity index (χ4v) is 7.34. The third-order valence-corrected chi connectivity index (χ3v) is 10.4. The highest BCUT2D eigenvalue weighted by Gasteiger charge is 2.36. The second-order valence-electron chi connectivity index (χ2n) is 13.7. The van der Waals surface area contributed by atoms with Crippen LogP contribution in [0, 0.1) is 35.0 Å². The molecule has 1 saturated heterocycles. The zero-order chi connectivity index (χ0) is 36.2. The van der Waals surface area contributed by atoms with Crippen LogP contribution in [-0.2, 0) is 28.6 Å². The van der Waals surface area contributed by atoms with Crippen LogP contribution in [-0.4, -0.2) is 95.6 Å². The second kappa shape index (κ2) is 21.7. The number of isocyanates is 3. The van der Waals surface area contributed by atoms with Crippen molar-refractivity contribution in [2.24, 2.45) is 50.0 Å². The van der Waals surface area contributed by atoms with Crippen LogP contribution in [0.5, 0.6) is 0 Å². The molecule has 276 valence electrons. The highest BCUT2D eigenvalue weighted by atomic mass is 16.6. The van der Waals surface area contributed by atoms with Crippen LogP contribution >= 0.6 is 0 Å². The van der Waals surface area contributed by atoms with Gasteiger partial charge in [-0.1, -0.05) is 32.3 Å². The Labute approximate surface area is 293 Å². The van der Waals surface area contributed by atoms with Gasteiger partial charge in [-0.15, -0.1) is 0 Å². The number of rotatable bonds is 14. The summed E-state index contributed by atoms with van der Waals surface area (Å²) < 4.78 is 16.9. The molecule has 0 spiro atoms. The van der Waals surface area contributed by atoms with E-state index in [4.69, 9.17) is 14.2 Å². The highest BCUT2D eigenvalue weighted by molar-refractivity contribution is 5.68. The largest absolute Gasteiger partial charge is 0.449 e. The van der Waals surface area contributed by atoms with E-state index in [2.05, 4.69) is 30.9 Å². The Balaban J connectivity index is 1.74. The topological polar surface area (TPSA) is 203 Å². The number of hydrogen-bond donors (Lipinski definition) is 3. The van der Waals surface area contributed by atoms with Gasteiger partial charge in [-0.05, 0) is 86.5 Å². The average Bonchev–Trinajstić information content (AvgIpc) is 3.14. The molecule has 0 aromatic carbocycles. The number of ether oxygens (including phenoxy) is 3. The number of cyclic esters (lactones) is 2. The predicted molar refractivity (Wildman–Crippen MR) is 181 cm³/mol. The van der Waals surface area contributed by atoms with Gasteiger partial charge in [-0.3, -0.25) is 0 Å². The summed E-state index contributed by atoms with van der Waals surface area (Å²) in [7, 11) is 0. The molecule has 1 aliphatic heterocycles. The molecule has 15 nitrogen and oxygen atoms in total. The average molecular weight is 701 g/mol. The maximum atomic E-state index is 13.2. The van der Waals surface area contributed by atoms with Crippen molar-refractivity contribution in [3.8, 4) is 0 Å². The lowest BCUT2D eigenvalue weighted by Gasteiger charge is -2.36. The molecule has 3 aliphatic rings. The number of alkyl carbamates (subject to hydrolysis) is 3. The zero-order valence-electron chi connectivity index (χ0n) is 29.3. The van der Waals surface area contributed by atoms with E-state index in [1.807, 2.05) is 13.8 Å². The quantitative estimate of drug-likeness (QED) is 0.101. The van der Waals surface area contributed by atoms with E-state index in [-0.39, 0.29) is 75.6 Å². The summed E-state index contributed by atoms with van der Waals surface area (Å²) in [6.07, 6.45) is 10.6. The molecule has 15 heteroatoms. The third-order valence-electron chi connectivity index (χ3n) is 10.4. The molecule has 1 saturated carbocycles. The van der Waals surface area contributed by atoms with Crippen molar-refractivity contribution in [2.45, 2.75) is 78.1 Å². The molecule has 3 amide bonds. The van der Waals surface area contributed by atoms with Crippen molar-refractivity contribution in [1.82, 2.24) is 16.0 Å². The molecule has 6 unspecified atom stereocenters. The number of nitrogens with zero attached hydrogens (tertiary/aromatic N) is 3. The van der Waals surface area contributed by atoms with Gasteiger partial charge in [0.1, 0.15) is 19.8 Å². The van der Waals surface area contributed by atoms with Crippen molar-refractivity contribution < 1.29 is 43.0 Å². The van der Waals surface area contributed by atoms with Crippen molar-refractivity contribution in [3.05, 3.63) is 11.1 Å². The normalized spacial score (nSPS) is 26.7. The van der Waals surface area contributed by atoms with Crippen molar-refractivity contribution in [2.75, 3.05) is 59.1 Å². The standard InChI is InChI=1S/C35H52N6O9/c1-3-25(13-36-22-42)12-30-18-41-34(47)50-21-35(4-2,19-48-32(45)39-15-27-8-5-7-26(11-27)14-37-23-43)20-49-33(46)40-17-29-10-6-9-28(31(29)30)16-38-24-44/h25-27,29-30H,3-21H2,1-2H3,(H,39,45)(H,40,46)(H,41,47). The number of fused-ring (bicyclic) bond motifs is 1. The lowest BCUT2D eigenvalue weighted by Crippen LogP contribution is -2.44. The summed E-state index contributed by atoms with van der Waals surface area (Å²) in [5.74, 6) is 0.226. The van der Waals surface area contributed by atoms with Gasteiger partial charge in [0, 0.05) is 19.6 Å². The third kappa shape index (κ3) is 13.2. The number of aliphatic imine (C=N–C) groups is 3. The SMILES string of the molecule is CCC(CN=C=O)CC1CNC(=O)OCC(CC)(COC(=O)NCC2CCCC(CN=C=O)C2)COC(=O)NCC2CCCC(CN=C=O)=C21. The first kappa shape index (κ1) is 40.1. The molecule has 2 aliphatic carbocycles. The van der Waals surface area contributed by atoms with Gasteiger partial charge in [-0.2, -0.15) is 0 Å². The van der Waals surface area contributed by atoms with Crippen LogP contribution in [0.4, 0.5) is 14.4 Å². The van der Waals surface area contributed by atoms with Gasteiger partial charge >= 0.3 is 18.3 Å².